The molecule has 1 aromatic carbocycles. The topological polar surface area (TPSA) is 38.5 Å². The minimum absolute atomic E-state index is 0.267. The van der Waals surface area contributed by atoms with Crippen molar-refractivity contribution in [2.45, 2.75) is 26.3 Å². The third kappa shape index (κ3) is 3.60. The lowest BCUT2D eigenvalue weighted by molar-refractivity contribution is 0.203. The van der Waals surface area contributed by atoms with Gasteiger partial charge in [-0.2, -0.15) is 0 Å². The van der Waals surface area contributed by atoms with Crippen LogP contribution in [0.4, 0.5) is 15.8 Å². The molecule has 0 aliphatic carbocycles. The van der Waals surface area contributed by atoms with E-state index in [1.54, 1.807) is 19.2 Å². The lowest BCUT2D eigenvalue weighted by Gasteiger charge is -2.31. The van der Waals surface area contributed by atoms with Gasteiger partial charge in [0, 0.05) is 25.4 Å². The Balaban J connectivity index is 2.95. The summed E-state index contributed by atoms with van der Waals surface area (Å²) in [6.45, 7) is 5.41. The van der Waals surface area contributed by atoms with Crippen LogP contribution in [-0.4, -0.2) is 26.3 Å². The molecule has 96 valence electrons. The Bertz CT molecular complexity index is 357. The van der Waals surface area contributed by atoms with Crippen LogP contribution in [0.1, 0.15) is 20.3 Å². The second-order valence-electron chi connectivity index (χ2n) is 4.15. The molecule has 1 unspecified atom stereocenters. The van der Waals surface area contributed by atoms with Gasteiger partial charge in [-0.3, -0.25) is 0 Å². The third-order valence-electron chi connectivity index (χ3n) is 2.94. The lowest BCUT2D eigenvalue weighted by Crippen LogP contribution is -2.36. The minimum Gasteiger partial charge on any atom is -0.399 e. The summed E-state index contributed by atoms with van der Waals surface area (Å²) in [5.74, 6) is -0.276. The van der Waals surface area contributed by atoms with Crippen LogP contribution in [-0.2, 0) is 4.74 Å². The Labute approximate surface area is 102 Å². The van der Waals surface area contributed by atoms with Gasteiger partial charge in [0.15, 0.2) is 0 Å². The summed E-state index contributed by atoms with van der Waals surface area (Å²) in [6.07, 6.45) is 0.952. The molecule has 0 fully saturated rings. The maximum atomic E-state index is 13.9. The van der Waals surface area contributed by atoms with Crippen molar-refractivity contribution in [1.82, 2.24) is 0 Å². The molecule has 2 N–H and O–H groups in total. The summed E-state index contributed by atoms with van der Waals surface area (Å²) in [6, 6.07) is 5.08. The predicted molar refractivity (Wildman–Crippen MR) is 69.8 cm³/mol. The van der Waals surface area contributed by atoms with Gasteiger partial charge in [0.2, 0.25) is 0 Å². The van der Waals surface area contributed by atoms with Crippen LogP contribution in [0.3, 0.4) is 0 Å². The van der Waals surface area contributed by atoms with Gasteiger partial charge in [0.25, 0.3) is 0 Å². The van der Waals surface area contributed by atoms with E-state index in [1.807, 2.05) is 4.90 Å². The molecule has 0 aliphatic heterocycles. The summed E-state index contributed by atoms with van der Waals surface area (Å²) in [5.41, 5.74) is 6.59. The highest BCUT2D eigenvalue weighted by Crippen LogP contribution is 2.24. The molecule has 0 aliphatic rings. The van der Waals surface area contributed by atoms with Crippen LogP contribution in [0, 0.1) is 5.82 Å². The zero-order valence-corrected chi connectivity index (χ0v) is 10.7. The Morgan fingerprint density at radius 3 is 2.71 bits per heavy atom. The molecule has 0 saturated heterocycles. The van der Waals surface area contributed by atoms with Crippen molar-refractivity contribution in [2.24, 2.45) is 0 Å². The molecule has 1 atom stereocenters. The number of anilines is 2. The first kappa shape index (κ1) is 13.8. The summed E-state index contributed by atoms with van der Waals surface area (Å²) in [4.78, 5) is 2.01. The number of nitrogens with two attached hydrogens (primary N) is 1. The lowest BCUT2D eigenvalue weighted by atomic mass is 10.1. The van der Waals surface area contributed by atoms with Crippen molar-refractivity contribution >= 4 is 11.4 Å². The average molecular weight is 240 g/mol. The zero-order valence-electron chi connectivity index (χ0n) is 10.7. The maximum Gasteiger partial charge on any atom is 0.148 e. The first-order valence-corrected chi connectivity index (χ1v) is 5.90. The largest absolute Gasteiger partial charge is 0.399 e. The SMILES string of the molecule is CCC(C)N(CCOC)c1ccc(N)cc1F. The molecule has 1 rings (SSSR count). The second-order valence-corrected chi connectivity index (χ2v) is 4.15. The normalized spacial score (nSPS) is 12.5. The smallest absolute Gasteiger partial charge is 0.148 e. The Hall–Kier alpha value is -1.29. The fourth-order valence-corrected chi connectivity index (χ4v) is 1.74. The Morgan fingerprint density at radius 2 is 2.18 bits per heavy atom. The van der Waals surface area contributed by atoms with Gasteiger partial charge in [-0.15, -0.1) is 0 Å². The van der Waals surface area contributed by atoms with Gasteiger partial charge in [0.1, 0.15) is 5.82 Å². The quantitative estimate of drug-likeness (QED) is 0.777. The summed E-state index contributed by atoms with van der Waals surface area (Å²) in [5, 5.41) is 0. The van der Waals surface area contributed by atoms with E-state index < -0.39 is 0 Å². The molecule has 0 amide bonds. The van der Waals surface area contributed by atoms with E-state index in [4.69, 9.17) is 10.5 Å². The highest BCUT2D eigenvalue weighted by molar-refractivity contribution is 5.55. The van der Waals surface area contributed by atoms with E-state index in [9.17, 15) is 4.39 Å². The van der Waals surface area contributed by atoms with Gasteiger partial charge >= 0.3 is 0 Å². The highest BCUT2D eigenvalue weighted by Gasteiger charge is 2.16. The molecule has 4 heteroatoms. The Morgan fingerprint density at radius 1 is 1.47 bits per heavy atom. The standard InChI is InChI=1S/C13H21FN2O/c1-4-10(2)16(7-8-17-3)13-6-5-11(15)9-12(13)14/h5-6,9-10H,4,7-8,15H2,1-3H3. The van der Waals surface area contributed by atoms with E-state index in [0.717, 1.165) is 6.42 Å². The van der Waals surface area contributed by atoms with Gasteiger partial charge in [-0.1, -0.05) is 6.92 Å². The van der Waals surface area contributed by atoms with Crippen molar-refractivity contribution in [3.8, 4) is 0 Å². The Kier molecular flexibility index (Phi) is 5.22. The number of rotatable bonds is 6. The molecular formula is C13H21FN2O. The number of benzene rings is 1. The summed E-state index contributed by atoms with van der Waals surface area (Å²) < 4.78 is 18.9. The summed E-state index contributed by atoms with van der Waals surface area (Å²) in [7, 11) is 1.65. The highest BCUT2D eigenvalue weighted by atomic mass is 19.1. The number of halogens is 1. The first-order chi connectivity index (χ1) is 8.10. The molecule has 0 bridgehead atoms. The number of nitrogen functional groups attached to an aromatic ring is 1. The predicted octanol–water partition coefficient (Wildman–Crippen LogP) is 2.66. The van der Waals surface area contributed by atoms with Crippen LogP contribution >= 0.6 is 0 Å². The molecule has 1 aromatic rings. The number of hydrogen-bond donors (Lipinski definition) is 1. The van der Waals surface area contributed by atoms with E-state index >= 15 is 0 Å². The number of ether oxygens (including phenoxy) is 1. The van der Waals surface area contributed by atoms with E-state index in [-0.39, 0.29) is 11.9 Å². The van der Waals surface area contributed by atoms with E-state index in [1.165, 1.54) is 6.07 Å². The monoisotopic (exact) mass is 240 g/mol. The van der Waals surface area contributed by atoms with Gasteiger partial charge in [-0.05, 0) is 31.5 Å². The average Bonchev–Trinajstić information content (AvgIpc) is 2.31. The second kappa shape index (κ2) is 6.45. The molecular weight excluding hydrogens is 219 g/mol. The maximum absolute atomic E-state index is 13.9. The van der Waals surface area contributed by atoms with Crippen molar-refractivity contribution in [1.29, 1.82) is 0 Å². The van der Waals surface area contributed by atoms with Gasteiger partial charge in [-0.25, -0.2) is 4.39 Å². The fraction of sp³-hybridized carbons (Fsp3) is 0.538. The van der Waals surface area contributed by atoms with E-state index in [0.29, 0.717) is 24.5 Å². The molecule has 0 spiro atoms. The van der Waals surface area contributed by atoms with Crippen molar-refractivity contribution in [2.75, 3.05) is 30.9 Å². The molecule has 17 heavy (non-hydrogen) atoms. The van der Waals surface area contributed by atoms with Gasteiger partial charge < -0.3 is 15.4 Å². The number of methoxy groups -OCH3 is 1. The molecule has 0 radical (unpaired) electrons. The molecule has 0 heterocycles. The van der Waals surface area contributed by atoms with Crippen molar-refractivity contribution in [3.63, 3.8) is 0 Å². The van der Waals surface area contributed by atoms with Crippen molar-refractivity contribution < 1.29 is 9.13 Å². The van der Waals surface area contributed by atoms with Crippen LogP contribution in [0.25, 0.3) is 0 Å². The number of nitrogens with zero attached hydrogens (tertiary/aromatic N) is 1. The van der Waals surface area contributed by atoms with E-state index in [2.05, 4.69) is 13.8 Å². The molecule has 0 aromatic heterocycles. The fourth-order valence-electron chi connectivity index (χ4n) is 1.74. The summed E-state index contributed by atoms with van der Waals surface area (Å²) >= 11 is 0. The van der Waals surface area contributed by atoms with Gasteiger partial charge in [0.05, 0.1) is 12.3 Å². The van der Waals surface area contributed by atoms with Crippen LogP contribution < -0.4 is 10.6 Å². The molecule has 3 nitrogen and oxygen atoms in total. The third-order valence-corrected chi connectivity index (χ3v) is 2.94. The van der Waals surface area contributed by atoms with Crippen LogP contribution in [0.2, 0.25) is 0 Å². The first-order valence-electron chi connectivity index (χ1n) is 5.90. The van der Waals surface area contributed by atoms with Crippen LogP contribution in [0.5, 0.6) is 0 Å². The van der Waals surface area contributed by atoms with Crippen LogP contribution in [0.15, 0.2) is 18.2 Å². The minimum atomic E-state index is -0.276. The van der Waals surface area contributed by atoms with Crippen molar-refractivity contribution in [3.05, 3.63) is 24.0 Å². The zero-order chi connectivity index (χ0) is 12.8. The molecule has 0 saturated carbocycles. The number of hydrogen-bond acceptors (Lipinski definition) is 3.